The summed E-state index contributed by atoms with van der Waals surface area (Å²) in [4.78, 5) is 1.94. The van der Waals surface area contributed by atoms with Crippen LogP contribution in [-0.2, 0) is 16.4 Å². The lowest BCUT2D eigenvalue weighted by Gasteiger charge is -2.36. The third-order valence-electron chi connectivity index (χ3n) is 6.96. The van der Waals surface area contributed by atoms with E-state index in [1.807, 2.05) is 4.90 Å². The van der Waals surface area contributed by atoms with Gasteiger partial charge in [0.2, 0.25) is 0 Å². The number of likely N-dealkylation sites (tertiary alicyclic amines) is 1. The van der Waals surface area contributed by atoms with Gasteiger partial charge in [-0.2, -0.15) is 13.2 Å². The lowest BCUT2D eigenvalue weighted by Crippen LogP contribution is -2.49. The normalized spacial score (nSPS) is 18.8. The quantitative estimate of drug-likeness (QED) is 0.246. The topological polar surface area (TPSA) is 95.8 Å². The Hall–Kier alpha value is -3.47. The number of methoxy groups -OCH3 is 1. The average Bonchev–Trinajstić information content (AvgIpc) is 3.23. The molecule has 0 radical (unpaired) electrons. The Balaban J connectivity index is 1.57. The Kier molecular flexibility index (Phi) is 9.60. The average molecular weight is 611 g/mol. The molecule has 0 amide bonds. The molecule has 3 aromatic rings. The zero-order valence-corrected chi connectivity index (χ0v) is 24.3. The van der Waals surface area contributed by atoms with Crippen molar-refractivity contribution in [3.8, 4) is 17.6 Å². The van der Waals surface area contributed by atoms with Crippen LogP contribution < -0.4 is 15.4 Å². The van der Waals surface area contributed by atoms with Crippen molar-refractivity contribution in [3.63, 3.8) is 0 Å². The highest BCUT2D eigenvalue weighted by Crippen LogP contribution is 2.32. The molecule has 1 unspecified atom stereocenters. The summed E-state index contributed by atoms with van der Waals surface area (Å²) in [7, 11) is -2.04. The molecule has 42 heavy (non-hydrogen) atoms. The van der Waals surface area contributed by atoms with Gasteiger partial charge >= 0.3 is 6.18 Å². The van der Waals surface area contributed by atoms with Crippen molar-refractivity contribution in [2.24, 2.45) is 0 Å². The molecule has 1 aliphatic heterocycles. The third kappa shape index (κ3) is 7.87. The van der Waals surface area contributed by atoms with Gasteiger partial charge in [0.15, 0.2) is 9.84 Å². The molecule has 0 bridgehead atoms. The Labute approximate surface area is 242 Å². The first-order chi connectivity index (χ1) is 19.7. The minimum atomic E-state index is -4.50. The summed E-state index contributed by atoms with van der Waals surface area (Å²) in [6, 6.07) is 10.3. The minimum absolute atomic E-state index is 0.0434. The standard InChI is InChI=1S/C29H34F4N4O4S/c1-19(38)16-36-13-11-25(23(30)17-36)35-24-7-4-8-27-22(24)14-20(37(27)18-29(31,32)33)6-5-12-34-26-10-9-21(42(3,39)40)15-28(26)41-2/h4,7-10,14-15,19,23,25,34-35,38H,11-13,16-18H2,1-3H3/t19?,23-,25+/m0/s1. The van der Waals surface area contributed by atoms with E-state index in [1.54, 1.807) is 31.2 Å². The Morgan fingerprint density at radius 1 is 1.19 bits per heavy atom. The largest absolute Gasteiger partial charge is 0.495 e. The van der Waals surface area contributed by atoms with E-state index in [4.69, 9.17) is 4.74 Å². The zero-order chi connectivity index (χ0) is 30.7. The molecule has 1 fully saturated rings. The maximum atomic E-state index is 15.0. The molecule has 3 N–H and O–H groups in total. The van der Waals surface area contributed by atoms with Gasteiger partial charge < -0.3 is 25.0 Å². The molecule has 1 aromatic heterocycles. The van der Waals surface area contributed by atoms with E-state index in [2.05, 4.69) is 22.5 Å². The highest BCUT2D eigenvalue weighted by Gasteiger charge is 2.32. The number of hydrogen-bond donors (Lipinski definition) is 3. The van der Waals surface area contributed by atoms with Crippen molar-refractivity contribution in [2.75, 3.05) is 50.2 Å². The van der Waals surface area contributed by atoms with Crippen molar-refractivity contribution >= 4 is 32.1 Å². The first-order valence-corrected chi connectivity index (χ1v) is 15.2. The molecule has 8 nitrogen and oxygen atoms in total. The van der Waals surface area contributed by atoms with Crippen LogP contribution in [0.4, 0.5) is 28.9 Å². The lowest BCUT2D eigenvalue weighted by molar-refractivity contribution is -0.140. The van der Waals surface area contributed by atoms with E-state index in [-0.39, 0.29) is 29.4 Å². The maximum Gasteiger partial charge on any atom is 0.406 e. The highest BCUT2D eigenvalue weighted by atomic mass is 32.2. The van der Waals surface area contributed by atoms with Crippen LogP contribution >= 0.6 is 0 Å². The maximum absolute atomic E-state index is 15.0. The number of β-amino-alcohol motifs (C(OH)–C–C–N with tert-alkyl or cyclic N) is 1. The van der Waals surface area contributed by atoms with E-state index in [1.165, 1.54) is 25.3 Å². The Morgan fingerprint density at radius 3 is 2.60 bits per heavy atom. The Morgan fingerprint density at radius 2 is 1.95 bits per heavy atom. The van der Waals surface area contributed by atoms with Gasteiger partial charge in [-0.15, -0.1) is 0 Å². The molecule has 0 aliphatic carbocycles. The summed E-state index contributed by atoms with van der Waals surface area (Å²) in [5.74, 6) is 5.93. The minimum Gasteiger partial charge on any atom is -0.495 e. The summed E-state index contributed by atoms with van der Waals surface area (Å²) in [5.41, 5.74) is 1.44. The summed E-state index contributed by atoms with van der Waals surface area (Å²) in [6.07, 6.45) is -4.74. The van der Waals surface area contributed by atoms with Gasteiger partial charge in [0.25, 0.3) is 0 Å². The van der Waals surface area contributed by atoms with Crippen LogP contribution in [0.25, 0.3) is 10.9 Å². The second-order valence-electron chi connectivity index (χ2n) is 10.4. The van der Waals surface area contributed by atoms with Gasteiger partial charge in [-0.1, -0.05) is 12.0 Å². The van der Waals surface area contributed by atoms with E-state index < -0.39 is 40.9 Å². The Bertz CT molecular complexity index is 1580. The van der Waals surface area contributed by atoms with Crippen LogP contribution in [-0.4, -0.2) is 87.0 Å². The molecule has 13 heteroatoms. The predicted octanol–water partition coefficient (Wildman–Crippen LogP) is 4.28. The first kappa shape index (κ1) is 31.5. The molecule has 1 aliphatic rings. The molecule has 2 aromatic carbocycles. The van der Waals surface area contributed by atoms with Crippen molar-refractivity contribution in [1.29, 1.82) is 0 Å². The number of sulfone groups is 1. The smallest absolute Gasteiger partial charge is 0.406 e. The van der Waals surface area contributed by atoms with Crippen molar-refractivity contribution in [2.45, 2.75) is 49.3 Å². The van der Waals surface area contributed by atoms with Gasteiger partial charge in [0.05, 0.1) is 47.6 Å². The number of rotatable bonds is 9. The van der Waals surface area contributed by atoms with Crippen LogP contribution in [0.1, 0.15) is 19.0 Å². The lowest BCUT2D eigenvalue weighted by atomic mass is 10.0. The number of fused-ring (bicyclic) bond motifs is 1. The number of ether oxygens (including phenoxy) is 1. The number of aliphatic hydroxyl groups excluding tert-OH is 1. The number of halogens is 4. The van der Waals surface area contributed by atoms with Crippen molar-refractivity contribution in [1.82, 2.24) is 9.47 Å². The van der Waals surface area contributed by atoms with Gasteiger partial charge in [-0.3, -0.25) is 4.90 Å². The van der Waals surface area contributed by atoms with Gasteiger partial charge in [0.1, 0.15) is 18.5 Å². The van der Waals surface area contributed by atoms with Crippen LogP contribution in [0.3, 0.4) is 0 Å². The first-order valence-electron chi connectivity index (χ1n) is 13.4. The number of alkyl halides is 4. The molecule has 1 saturated heterocycles. The second kappa shape index (κ2) is 12.8. The number of aliphatic hydroxyl groups is 1. The number of hydrogen-bond acceptors (Lipinski definition) is 7. The molecule has 3 atom stereocenters. The van der Waals surface area contributed by atoms with E-state index in [0.717, 1.165) is 10.8 Å². The second-order valence-corrected chi connectivity index (χ2v) is 12.4. The van der Waals surface area contributed by atoms with Gasteiger partial charge in [-0.25, -0.2) is 12.8 Å². The fourth-order valence-electron chi connectivity index (χ4n) is 5.06. The van der Waals surface area contributed by atoms with E-state index >= 15 is 4.39 Å². The van der Waals surface area contributed by atoms with Crippen molar-refractivity contribution < 1.29 is 35.8 Å². The summed E-state index contributed by atoms with van der Waals surface area (Å²) in [6.45, 7) is 1.55. The SMILES string of the molecule is COc1cc(S(C)(=O)=O)ccc1NCC#Cc1cc2c(N[C@@H]3CCN(CC(C)O)C[C@@H]3F)cccc2n1CC(F)(F)F. The number of aromatic nitrogens is 1. The fraction of sp³-hybridized carbons (Fsp3) is 0.448. The molecule has 0 saturated carbocycles. The van der Waals surface area contributed by atoms with E-state index in [9.17, 15) is 26.7 Å². The van der Waals surface area contributed by atoms with Crippen molar-refractivity contribution in [3.05, 3.63) is 48.2 Å². The number of nitrogens with one attached hydrogen (secondary N) is 2. The number of anilines is 2. The molecular weight excluding hydrogens is 576 g/mol. The van der Waals surface area contributed by atoms with Gasteiger partial charge in [0, 0.05) is 43.0 Å². The van der Waals surface area contributed by atoms with Crippen LogP contribution in [0.2, 0.25) is 0 Å². The molecule has 228 valence electrons. The van der Waals surface area contributed by atoms with Crippen LogP contribution in [0.5, 0.6) is 5.75 Å². The summed E-state index contributed by atoms with van der Waals surface area (Å²) < 4.78 is 85.7. The fourth-order valence-corrected chi connectivity index (χ4v) is 5.69. The molecule has 4 rings (SSSR count). The van der Waals surface area contributed by atoms with Gasteiger partial charge in [-0.05, 0) is 49.6 Å². The number of nitrogens with zero attached hydrogens (tertiary/aromatic N) is 2. The molecule has 2 heterocycles. The van der Waals surface area contributed by atoms with Crippen LogP contribution in [0, 0.1) is 11.8 Å². The monoisotopic (exact) mass is 610 g/mol. The summed E-state index contributed by atoms with van der Waals surface area (Å²) >= 11 is 0. The summed E-state index contributed by atoms with van der Waals surface area (Å²) in [5, 5.41) is 16.3. The van der Waals surface area contributed by atoms with E-state index in [0.29, 0.717) is 41.8 Å². The third-order valence-corrected chi connectivity index (χ3v) is 8.07. The van der Waals surface area contributed by atoms with Crippen LogP contribution in [0.15, 0.2) is 47.4 Å². The predicted molar refractivity (Wildman–Crippen MR) is 155 cm³/mol. The number of piperidine rings is 1. The highest BCUT2D eigenvalue weighted by molar-refractivity contribution is 7.90. The number of benzene rings is 2. The molecular formula is C29H34F4N4O4S. The zero-order valence-electron chi connectivity index (χ0n) is 23.5. The molecule has 0 spiro atoms.